The topological polar surface area (TPSA) is 78.7 Å². The minimum absolute atomic E-state index is 0.236. The number of hydrogen-bond donors (Lipinski definition) is 1. The number of para-hydroxylation sites is 1. The summed E-state index contributed by atoms with van der Waals surface area (Å²) in [6, 6.07) is 20.1. The maximum atomic E-state index is 12.7. The quantitative estimate of drug-likeness (QED) is 0.247. The number of alkyl halides is 3. The molecule has 2 N–H and O–H groups in total. The second kappa shape index (κ2) is 12.8. The fourth-order valence-electron chi connectivity index (χ4n) is 3.77. The molecule has 3 aromatic carbocycles. The number of hydrogen-bond acceptors (Lipinski definition) is 4. The van der Waals surface area contributed by atoms with Crippen molar-refractivity contribution in [2.45, 2.75) is 32.4 Å². The van der Waals surface area contributed by atoms with E-state index in [1.54, 1.807) is 18.0 Å². The van der Waals surface area contributed by atoms with Gasteiger partial charge in [0.15, 0.2) is 5.17 Å². The zero-order valence-corrected chi connectivity index (χ0v) is 22.5. The van der Waals surface area contributed by atoms with Crippen LogP contribution < -0.4 is 5.73 Å². The predicted molar refractivity (Wildman–Crippen MR) is 156 cm³/mol. The van der Waals surface area contributed by atoms with E-state index in [1.807, 2.05) is 47.5 Å². The summed E-state index contributed by atoms with van der Waals surface area (Å²) < 4.78 is 38.0. The van der Waals surface area contributed by atoms with Gasteiger partial charge in [0.1, 0.15) is 12.2 Å². The molecule has 6 nitrogen and oxygen atoms in total. The number of nitrogens with zero attached hydrogens (tertiary/aromatic N) is 5. The Morgan fingerprint density at radius 1 is 1.00 bits per heavy atom. The van der Waals surface area contributed by atoms with Gasteiger partial charge in [0, 0.05) is 17.9 Å². The molecule has 0 saturated carbocycles. The third kappa shape index (κ3) is 7.79. The Balaban J connectivity index is 1.42. The molecular weight excluding hydrogens is 521 g/mol. The van der Waals surface area contributed by atoms with E-state index in [9.17, 15) is 13.2 Å². The van der Waals surface area contributed by atoms with Gasteiger partial charge in [-0.3, -0.25) is 0 Å². The second-order valence-corrected chi connectivity index (χ2v) is 10.2. The third-order valence-electron chi connectivity index (χ3n) is 5.89. The first-order valence-electron chi connectivity index (χ1n) is 12.5. The van der Waals surface area contributed by atoms with E-state index < -0.39 is 11.7 Å². The lowest BCUT2D eigenvalue weighted by Gasteiger charge is -2.25. The number of benzene rings is 3. The molecule has 0 spiro atoms. The van der Waals surface area contributed by atoms with Crippen LogP contribution in [0.3, 0.4) is 0 Å². The SMILES string of the molecule is CC(C)c1ccccc1N=C1SCCCN1/N=C\c1ccc(C(N)=NC=Nc2ccc(C(F)(F)F)cc2)cc1. The van der Waals surface area contributed by atoms with E-state index in [4.69, 9.17) is 10.7 Å². The van der Waals surface area contributed by atoms with Crippen LogP contribution in [0.4, 0.5) is 24.5 Å². The zero-order valence-electron chi connectivity index (χ0n) is 21.6. The van der Waals surface area contributed by atoms with Gasteiger partial charge in [-0.25, -0.2) is 20.0 Å². The summed E-state index contributed by atoms with van der Waals surface area (Å²) in [4.78, 5) is 13.1. The summed E-state index contributed by atoms with van der Waals surface area (Å²) >= 11 is 1.70. The summed E-state index contributed by atoms with van der Waals surface area (Å²) in [5.74, 6) is 1.62. The monoisotopic (exact) mass is 550 g/mol. The lowest BCUT2D eigenvalue weighted by atomic mass is 10.0. The van der Waals surface area contributed by atoms with Crippen molar-refractivity contribution in [1.82, 2.24) is 5.01 Å². The number of thioether (sulfide) groups is 1. The van der Waals surface area contributed by atoms with Crippen molar-refractivity contribution in [3.8, 4) is 0 Å². The van der Waals surface area contributed by atoms with Gasteiger partial charge < -0.3 is 5.73 Å². The summed E-state index contributed by atoms with van der Waals surface area (Å²) in [6.45, 7) is 5.12. The maximum absolute atomic E-state index is 12.7. The van der Waals surface area contributed by atoms with Gasteiger partial charge in [-0.15, -0.1) is 0 Å². The zero-order chi connectivity index (χ0) is 27.8. The Hall–Kier alpha value is -3.92. The van der Waals surface area contributed by atoms with E-state index in [1.165, 1.54) is 24.0 Å². The van der Waals surface area contributed by atoms with Gasteiger partial charge in [-0.1, -0.05) is 68.1 Å². The Morgan fingerprint density at radius 3 is 2.41 bits per heavy atom. The van der Waals surface area contributed by atoms with Crippen molar-refractivity contribution in [2.75, 3.05) is 12.3 Å². The minimum atomic E-state index is -4.38. The number of halogens is 3. The van der Waals surface area contributed by atoms with Crippen LogP contribution in [0.15, 0.2) is 92.9 Å². The molecule has 1 saturated heterocycles. The van der Waals surface area contributed by atoms with Crippen molar-refractivity contribution in [1.29, 1.82) is 0 Å². The largest absolute Gasteiger partial charge is 0.416 e. The highest BCUT2D eigenvalue weighted by atomic mass is 32.2. The van der Waals surface area contributed by atoms with Crippen LogP contribution in [0.5, 0.6) is 0 Å². The number of aliphatic imine (C=N–C) groups is 3. The lowest BCUT2D eigenvalue weighted by Crippen LogP contribution is -2.29. The standard InChI is InChI=1S/C29H29F3N6S/c1-20(2)25-6-3-4-7-26(25)37-28-38(16-5-17-39-28)36-18-21-8-10-22(11-9-21)27(33)35-19-34-24-14-12-23(13-15-24)29(30,31)32/h3-4,6-15,18-20H,5,16-17H2,1-2H3,(H2,33,34,35)/b36-18-,37-28?. The van der Waals surface area contributed by atoms with Crippen molar-refractivity contribution < 1.29 is 13.2 Å². The summed E-state index contributed by atoms with van der Waals surface area (Å²) in [7, 11) is 0. The first kappa shape index (κ1) is 28.1. The molecule has 0 unspecified atom stereocenters. The Bertz CT molecular complexity index is 1380. The third-order valence-corrected chi connectivity index (χ3v) is 6.95. The molecule has 0 atom stereocenters. The summed E-state index contributed by atoms with van der Waals surface area (Å²) in [5, 5.41) is 7.51. The van der Waals surface area contributed by atoms with Gasteiger partial charge >= 0.3 is 6.18 Å². The number of rotatable bonds is 7. The fourth-order valence-corrected chi connectivity index (χ4v) is 4.68. The molecule has 1 heterocycles. The molecule has 0 radical (unpaired) electrons. The smallest absolute Gasteiger partial charge is 0.383 e. The van der Waals surface area contributed by atoms with E-state index >= 15 is 0 Å². The molecular formula is C29H29F3N6S. The molecule has 0 amide bonds. The first-order chi connectivity index (χ1) is 18.7. The number of amidine groups is 2. The molecule has 0 aromatic heterocycles. The highest BCUT2D eigenvalue weighted by Crippen LogP contribution is 2.31. The van der Waals surface area contributed by atoms with E-state index in [0.29, 0.717) is 17.2 Å². The van der Waals surface area contributed by atoms with Gasteiger partial charge in [-0.2, -0.15) is 18.3 Å². The van der Waals surface area contributed by atoms with Crippen LogP contribution in [-0.2, 0) is 6.18 Å². The van der Waals surface area contributed by atoms with Crippen LogP contribution in [0.2, 0.25) is 0 Å². The van der Waals surface area contributed by atoms with Gasteiger partial charge in [0.05, 0.1) is 23.2 Å². The predicted octanol–water partition coefficient (Wildman–Crippen LogP) is 7.35. The van der Waals surface area contributed by atoms with Crippen LogP contribution in [0, 0.1) is 0 Å². The highest BCUT2D eigenvalue weighted by Gasteiger charge is 2.29. The van der Waals surface area contributed by atoms with Crippen LogP contribution in [0.25, 0.3) is 0 Å². The molecule has 10 heteroatoms. The van der Waals surface area contributed by atoms with Gasteiger partial charge in [-0.05, 0) is 53.8 Å². The first-order valence-corrected chi connectivity index (χ1v) is 13.4. The molecule has 1 aliphatic heterocycles. The van der Waals surface area contributed by atoms with E-state index in [2.05, 4.69) is 35.0 Å². The van der Waals surface area contributed by atoms with E-state index in [-0.39, 0.29) is 5.84 Å². The van der Waals surface area contributed by atoms with Crippen molar-refractivity contribution in [2.24, 2.45) is 25.8 Å². The normalized spacial score (nSPS) is 16.2. The lowest BCUT2D eigenvalue weighted by molar-refractivity contribution is -0.137. The van der Waals surface area contributed by atoms with Crippen molar-refractivity contribution in [3.63, 3.8) is 0 Å². The molecule has 1 fully saturated rings. The molecule has 0 bridgehead atoms. The summed E-state index contributed by atoms with van der Waals surface area (Å²) in [5.41, 5.74) is 9.43. The maximum Gasteiger partial charge on any atom is 0.416 e. The van der Waals surface area contributed by atoms with Gasteiger partial charge in [0.2, 0.25) is 0 Å². The molecule has 3 aromatic rings. The average Bonchev–Trinajstić information content (AvgIpc) is 2.93. The minimum Gasteiger partial charge on any atom is -0.383 e. The molecule has 202 valence electrons. The Labute approximate surface area is 230 Å². The van der Waals surface area contributed by atoms with Crippen molar-refractivity contribution >= 4 is 46.7 Å². The highest BCUT2D eigenvalue weighted by molar-refractivity contribution is 8.13. The van der Waals surface area contributed by atoms with Crippen molar-refractivity contribution in [3.05, 3.63) is 95.1 Å². The Kier molecular flexibility index (Phi) is 9.19. The molecule has 0 aliphatic carbocycles. The van der Waals surface area contributed by atoms with Crippen LogP contribution in [-0.4, -0.2) is 40.9 Å². The molecule has 4 rings (SSSR count). The molecule has 1 aliphatic rings. The Morgan fingerprint density at radius 2 is 1.72 bits per heavy atom. The van der Waals surface area contributed by atoms with Gasteiger partial charge in [0.25, 0.3) is 0 Å². The summed E-state index contributed by atoms with van der Waals surface area (Å²) in [6.07, 6.45) is -0.352. The van der Waals surface area contributed by atoms with Crippen LogP contribution in [0.1, 0.15) is 48.4 Å². The fraction of sp³-hybridized carbons (Fsp3) is 0.241. The number of nitrogens with two attached hydrogens (primary N) is 1. The number of hydrazone groups is 1. The van der Waals surface area contributed by atoms with Crippen LogP contribution >= 0.6 is 11.8 Å². The molecule has 39 heavy (non-hydrogen) atoms. The second-order valence-electron chi connectivity index (χ2n) is 9.10. The van der Waals surface area contributed by atoms with E-state index in [0.717, 1.165) is 47.3 Å². The average molecular weight is 551 g/mol.